The smallest absolute Gasteiger partial charge is 0.160 e. The van der Waals surface area contributed by atoms with E-state index in [1.54, 1.807) is 6.92 Å². The fourth-order valence-corrected chi connectivity index (χ4v) is 2.08. The summed E-state index contributed by atoms with van der Waals surface area (Å²) >= 11 is 0. The van der Waals surface area contributed by atoms with Gasteiger partial charge < -0.3 is 0 Å². The predicted molar refractivity (Wildman–Crippen MR) is 65.5 cm³/mol. The topological polar surface area (TPSA) is 20.3 Å². The Morgan fingerprint density at radius 2 is 2.12 bits per heavy atom. The van der Waals surface area contributed by atoms with Crippen LogP contribution in [0.2, 0.25) is 0 Å². The first kappa shape index (κ1) is 11.1. The average Bonchev–Trinajstić information content (AvgIpc) is 2.31. The third-order valence-electron chi connectivity index (χ3n) is 2.93. The van der Waals surface area contributed by atoms with Crippen molar-refractivity contribution in [3.05, 3.63) is 47.5 Å². The number of rotatable bonds is 3. The predicted octanol–water partition coefficient (Wildman–Crippen LogP) is 2.65. The number of carbonyl (C=O) groups is 1. The molecule has 0 bridgehead atoms. The molecule has 16 heavy (non-hydrogen) atoms. The van der Waals surface area contributed by atoms with Crippen molar-refractivity contribution >= 4 is 5.78 Å². The SMILES string of the molecule is CC(=O)c1ccccc1CN1CC=CCC1. The summed E-state index contributed by atoms with van der Waals surface area (Å²) in [5.41, 5.74) is 2.00. The van der Waals surface area contributed by atoms with Crippen molar-refractivity contribution in [3.63, 3.8) is 0 Å². The number of Topliss-reactive ketones (excluding diaryl/α,β-unsaturated/α-hetero) is 1. The van der Waals surface area contributed by atoms with E-state index in [1.165, 1.54) is 0 Å². The lowest BCUT2D eigenvalue weighted by Crippen LogP contribution is -2.27. The summed E-state index contributed by atoms with van der Waals surface area (Å²) in [6, 6.07) is 7.89. The Morgan fingerprint density at radius 1 is 1.31 bits per heavy atom. The number of nitrogens with zero attached hydrogens (tertiary/aromatic N) is 1. The van der Waals surface area contributed by atoms with E-state index in [1.807, 2.05) is 18.2 Å². The van der Waals surface area contributed by atoms with Crippen LogP contribution in [0.25, 0.3) is 0 Å². The van der Waals surface area contributed by atoms with Gasteiger partial charge in [0.15, 0.2) is 5.78 Å². The van der Waals surface area contributed by atoms with E-state index in [0.29, 0.717) is 0 Å². The van der Waals surface area contributed by atoms with Crippen LogP contribution in [0.1, 0.15) is 29.3 Å². The molecule has 0 aliphatic carbocycles. The number of carbonyl (C=O) groups excluding carboxylic acids is 1. The van der Waals surface area contributed by atoms with Crippen LogP contribution in [0.4, 0.5) is 0 Å². The first-order valence-electron chi connectivity index (χ1n) is 5.73. The molecule has 1 aromatic carbocycles. The summed E-state index contributed by atoms with van der Waals surface area (Å²) in [5, 5.41) is 0. The molecule has 0 N–H and O–H groups in total. The van der Waals surface area contributed by atoms with Gasteiger partial charge in [-0.3, -0.25) is 9.69 Å². The molecule has 1 heterocycles. The Balaban J connectivity index is 2.14. The van der Waals surface area contributed by atoms with E-state index in [9.17, 15) is 4.79 Å². The van der Waals surface area contributed by atoms with Crippen LogP contribution in [-0.2, 0) is 6.54 Å². The van der Waals surface area contributed by atoms with Crippen LogP contribution >= 0.6 is 0 Å². The van der Waals surface area contributed by atoms with Gasteiger partial charge in [-0.05, 0) is 18.9 Å². The van der Waals surface area contributed by atoms with Crippen molar-refractivity contribution in [1.29, 1.82) is 0 Å². The molecule has 84 valence electrons. The molecule has 0 fully saturated rings. The van der Waals surface area contributed by atoms with Gasteiger partial charge in [-0.2, -0.15) is 0 Å². The van der Waals surface area contributed by atoms with E-state index in [0.717, 1.165) is 37.2 Å². The van der Waals surface area contributed by atoms with Crippen LogP contribution in [0.5, 0.6) is 0 Å². The monoisotopic (exact) mass is 215 g/mol. The highest BCUT2D eigenvalue weighted by molar-refractivity contribution is 5.95. The quantitative estimate of drug-likeness (QED) is 0.570. The van der Waals surface area contributed by atoms with E-state index in [4.69, 9.17) is 0 Å². The van der Waals surface area contributed by atoms with E-state index < -0.39 is 0 Å². The van der Waals surface area contributed by atoms with Crippen LogP contribution in [0.15, 0.2) is 36.4 Å². The summed E-state index contributed by atoms with van der Waals surface area (Å²) in [7, 11) is 0. The largest absolute Gasteiger partial charge is 0.295 e. The molecule has 0 amide bonds. The molecule has 0 saturated heterocycles. The molecule has 2 nitrogen and oxygen atoms in total. The molecular weight excluding hydrogens is 198 g/mol. The number of benzene rings is 1. The van der Waals surface area contributed by atoms with Gasteiger partial charge in [-0.1, -0.05) is 36.4 Å². The molecule has 0 atom stereocenters. The Kier molecular flexibility index (Phi) is 3.52. The maximum absolute atomic E-state index is 11.5. The summed E-state index contributed by atoms with van der Waals surface area (Å²) < 4.78 is 0. The van der Waals surface area contributed by atoms with Gasteiger partial charge in [0.05, 0.1) is 0 Å². The zero-order chi connectivity index (χ0) is 11.4. The average molecular weight is 215 g/mol. The van der Waals surface area contributed by atoms with Crippen LogP contribution in [0.3, 0.4) is 0 Å². The Bertz CT molecular complexity index is 409. The number of hydrogen-bond donors (Lipinski definition) is 0. The van der Waals surface area contributed by atoms with Gasteiger partial charge in [-0.25, -0.2) is 0 Å². The van der Waals surface area contributed by atoms with Crippen molar-refractivity contribution in [2.24, 2.45) is 0 Å². The lowest BCUT2D eigenvalue weighted by molar-refractivity contribution is 0.101. The van der Waals surface area contributed by atoms with Crippen LogP contribution < -0.4 is 0 Å². The minimum atomic E-state index is 0.156. The fraction of sp³-hybridized carbons (Fsp3) is 0.357. The summed E-state index contributed by atoms with van der Waals surface area (Å²) in [4.78, 5) is 13.8. The number of hydrogen-bond acceptors (Lipinski definition) is 2. The molecule has 0 radical (unpaired) electrons. The number of ketones is 1. The molecule has 2 rings (SSSR count). The van der Waals surface area contributed by atoms with Crippen molar-refractivity contribution in [2.75, 3.05) is 13.1 Å². The first-order chi connectivity index (χ1) is 7.77. The fourth-order valence-electron chi connectivity index (χ4n) is 2.08. The van der Waals surface area contributed by atoms with Crippen molar-refractivity contribution in [3.8, 4) is 0 Å². The lowest BCUT2D eigenvalue weighted by Gasteiger charge is -2.23. The zero-order valence-corrected chi connectivity index (χ0v) is 9.65. The second kappa shape index (κ2) is 5.08. The molecule has 0 saturated carbocycles. The van der Waals surface area contributed by atoms with Gasteiger partial charge in [0.1, 0.15) is 0 Å². The third kappa shape index (κ3) is 2.58. The third-order valence-corrected chi connectivity index (χ3v) is 2.93. The molecule has 0 spiro atoms. The second-order valence-corrected chi connectivity index (χ2v) is 4.21. The molecule has 1 aliphatic rings. The minimum Gasteiger partial charge on any atom is -0.295 e. The van der Waals surface area contributed by atoms with Crippen LogP contribution in [-0.4, -0.2) is 23.8 Å². The molecular formula is C14H17NO. The summed E-state index contributed by atoms with van der Waals surface area (Å²) in [6.45, 7) is 4.59. The summed E-state index contributed by atoms with van der Waals surface area (Å²) in [6.07, 6.45) is 5.52. The summed E-state index contributed by atoms with van der Waals surface area (Å²) in [5.74, 6) is 0.156. The molecule has 1 aliphatic heterocycles. The lowest BCUT2D eigenvalue weighted by atomic mass is 10.0. The Labute approximate surface area is 96.6 Å². The standard InChI is InChI=1S/C14H17NO/c1-12(16)14-8-4-3-7-13(14)11-15-9-5-2-6-10-15/h2-5,7-8H,6,9-11H2,1H3. The molecule has 1 aromatic rings. The van der Waals surface area contributed by atoms with E-state index >= 15 is 0 Å². The van der Waals surface area contributed by atoms with Gasteiger partial charge in [-0.15, -0.1) is 0 Å². The van der Waals surface area contributed by atoms with Gasteiger partial charge in [0, 0.05) is 25.2 Å². The molecule has 2 heteroatoms. The van der Waals surface area contributed by atoms with Gasteiger partial charge in [0.2, 0.25) is 0 Å². The first-order valence-corrected chi connectivity index (χ1v) is 5.73. The highest BCUT2D eigenvalue weighted by atomic mass is 16.1. The maximum Gasteiger partial charge on any atom is 0.160 e. The highest BCUT2D eigenvalue weighted by Gasteiger charge is 2.11. The normalized spacial score (nSPS) is 16.3. The van der Waals surface area contributed by atoms with E-state index in [-0.39, 0.29) is 5.78 Å². The van der Waals surface area contributed by atoms with Crippen molar-refractivity contribution in [1.82, 2.24) is 4.90 Å². The van der Waals surface area contributed by atoms with Crippen LogP contribution in [0, 0.1) is 0 Å². The van der Waals surface area contributed by atoms with Gasteiger partial charge in [0.25, 0.3) is 0 Å². The zero-order valence-electron chi connectivity index (χ0n) is 9.65. The highest BCUT2D eigenvalue weighted by Crippen LogP contribution is 2.14. The van der Waals surface area contributed by atoms with Crippen molar-refractivity contribution < 1.29 is 4.79 Å². The Hall–Kier alpha value is -1.41. The van der Waals surface area contributed by atoms with Gasteiger partial charge >= 0.3 is 0 Å². The second-order valence-electron chi connectivity index (χ2n) is 4.21. The van der Waals surface area contributed by atoms with Crippen molar-refractivity contribution in [2.45, 2.75) is 19.9 Å². The minimum absolute atomic E-state index is 0.156. The Morgan fingerprint density at radius 3 is 2.81 bits per heavy atom. The van der Waals surface area contributed by atoms with E-state index in [2.05, 4.69) is 23.1 Å². The maximum atomic E-state index is 11.5. The molecule has 0 aromatic heterocycles. The molecule has 0 unspecified atom stereocenters.